The summed E-state index contributed by atoms with van der Waals surface area (Å²) in [7, 11) is -7.88. The molecule has 0 unspecified atom stereocenters. The molecule has 0 aromatic heterocycles. The normalized spacial score (nSPS) is 13.7. The Morgan fingerprint density at radius 1 is 0.710 bits per heavy atom. The van der Waals surface area contributed by atoms with Gasteiger partial charge in [-0.2, -0.15) is 36.7 Å². The van der Waals surface area contributed by atoms with E-state index in [0.29, 0.717) is 0 Å². The molecule has 0 aliphatic rings. The van der Waals surface area contributed by atoms with Crippen molar-refractivity contribution in [2.45, 2.75) is 37.5 Å². The zero-order valence-corrected chi connectivity index (χ0v) is 19.0. The number of oxime groups is 1. The van der Waals surface area contributed by atoms with E-state index in [1.165, 1.54) is 38.1 Å². The van der Waals surface area contributed by atoms with Crippen LogP contribution in [0.5, 0.6) is 0 Å². The molecule has 0 bridgehead atoms. The molecule has 0 aliphatic heterocycles. The van der Waals surface area contributed by atoms with Gasteiger partial charge in [-0.25, -0.2) is 0 Å². The van der Waals surface area contributed by atoms with Gasteiger partial charge < -0.3 is 5.21 Å². The highest BCUT2D eigenvalue weighted by atomic mass is 32.2. The molecule has 2 rings (SSSR count). The first kappa shape index (κ1) is 24.0. The Balaban J connectivity index is 2.17. The molecule has 3 N–H and O–H groups in total. The Bertz CT molecular complexity index is 1140. The Hall–Kier alpha value is -3.25. The van der Waals surface area contributed by atoms with Crippen molar-refractivity contribution >= 4 is 37.2 Å². The molecule has 10 nitrogen and oxygen atoms in total. The molecule has 0 radical (unpaired) electrons. The summed E-state index contributed by atoms with van der Waals surface area (Å²) in [6.45, 7) is 6.40. The van der Waals surface area contributed by atoms with E-state index in [0.717, 1.165) is 11.1 Å². The Labute approximate surface area is 181 Å². The fourth-order valence-electron chi connectivity index (χ4n) is 2.31. The van der Waals surface area contributed by atoms with Gasteiger partial charge in [-0.05, 0) is 52.0 Å². The number of rotatable bonds is 8. The summed E-state index contributed by atoms with van der Waals surface area (Å²) in [6, 6.07) is 12.3. The van der Waals surface area contributed by atoms with E-state index in [9.17, 15) is 22.0 Å². The third-order valence-corrected chi connectivity index (χ3v) is 6.56. The van der Waals surface area contributed by atoms with Crippen molar-refractivity contribution in [2.75, 3.05) is 0 Å². The topological polar surface area (TPSA) is 150 Å². The summed E-state index contributed by atoms with van der Waals surface area (Å²) in [6.07, 6.45) is 0. The van der Waals surface area contributed by atoms with Crippen LogP contribution in [0, 0.1) is 13.8 Å². The first-order valence-corrected chi connectivity index (χ1v) is 11.9. The van der Waals surface area contributed by atoms with Crippen LogP contribution >= 0.6 is 0 Å². The van der Waals surface area contributed by atoms with Crippen molar-refractivity contribution in [3.05, 3.63) is 59.7 Å². The van der Waals surface area contributed by atoms with Gasteiger partial charge in [0.2, 0.25) is 0 Å². The van der Waals surface area contributed by atoms with Gasteiger partial charge in [0.05, 0.1) is 21.2 Å². The summed E-state index contributed by atoms with van der Waals surface area (Å²) in [5.41, 5.74) is 1.52. The number of nitrogens with zero attached hydrogens (tertiary/aromatic N) is 3. The van der Waals surface area contributed by atoms with Crippen molar-refractivity contribution in [2.24, 2.45) is 15.4 Å². The van der Waals surface area contributed by atoms with Crippen LogP contribution in [0.4, 0.5) is 0 Å². The number of benzene rings is 2. The van der Waals surface area contributed by atoms with Crippen LogP contribution in [0.25, 0.3) is 0 Å². The zero-order chi connectivity index (χ0) is 23.2. The van der Waals surface area contributed by atoms with Crippen LogP contribution < -0.4 is 9.66 Å². The van der Waals surface area contributed by atoms with Gasteiger partial charge in [0, 0.05) is 0 Å². The van der Waals surface area contributed by atoms with E-state index in [1.807, 2.05) is 23.5 Å². The van der Waals surface area contributed by atoms with Gasteiger partial charge in [-0.1, -0.05) is 40.5 Å². The van der Waals surface area contributed by atoms with Gasteiger partial charge in [-0.3, -0.25) is 0 Å². The van der Waals surface area contributed by atoms with E-state index in [1.54, 1.807) is 24.3 Å². The van der Waals surface area contributed by atoms with Crippen molar-refractivity contribution in [1.82, 2.24) is 9.66 Å². The molecule has 166 valence electrons. The molecule has 0 amide bonds. The zero-order valence-electron chi connectivity index (χ0n) is 17.4. The predicted molar refractivity (Wildman–Crippen MR) is 118 cm³/mol. The molecule has 12 heteroatoms. The van der Waals surface area contributed by atoms with Gasteiger partial charge >= 0.3 is 0 Å². The highest BCUT2D eigenvalue weighted by molar-refractivity contribution is 7.89. The lowest BCUT2D eigenvalue weighted by molar-refractivity contribution is 0.321. The van der Waals surface area contributed by atoms with Gasteiger partial charge in [0.15, 0.2) is 0 Å². The maximum atomic E-state index is 12.3. The second-order valence-corrected chi connectivity index (χ2v) is 9.98. The minimum absolute atomic E-state index is 0.00776. The number of hydrogen-bond donors (Lipinski definition) is 3. The fraction of sp³-hybridized carbons (Fsp3) is 0.211. The summed E-state index contributed by atoms with van der Waals surface area (Å²) < 4.78 is 49.3. The Kier molecular flexibility index (Phi) is 7.52. The smallest absolute Gasteiger partial charge is 0.276 e. The predicted octanol–water partition coefficient (Wildman–Crippen LogP) is 2.14. The van der Waals surface area contributed by atoms with Crippen LogP contribution in [0.3, 0.4) is 0 Å². The standard InChI is InChI=1S/C19H23N5O5S2/c1-13-5-9-17(10-6-13)30(26,27)23-20-15(3)19(22-25)16(4)21-24-31(28,29)18-11-7-14(2)8-12-18/h5-12,23-25H,1-4H3/b20-15+,21-16?,22-19?. The van der Waals surface area contributed by atoms with Crippen LogP contribution in [0.15, 0.2) is 73.7 Å². The lowest BCUT2D eigenvalue weighted by atomic mass is 10.2. The van der Waals surface area contributed by atoms with Crippen LogP contribution in [0.1, 0.15) is 25.0 Å². The third kappa shape index (κ3) is 6.36. The second kappa shape index (κ2) is 9.71. The number of sulfonamides is 2. The minimum Gasteiger partial charge on any atom is -0.410 e. The molecular formula is C19H23N5O5S2. The molecule has 0 atom stereocenters. The van der Waals surface area contributed by atoms with Crippen molar-refractivity contribution in [3.8, 4) is 0 Å². The largest absolute Gasteiger partial charge is 0.410 e. The van der Waals surface area contributed by atoms with Gasteiger partial charge in [0.1, 0.15) is 5.71 Å². The Morgan fingerprint density at radius 2 is 1.03 bits per heavy atom. The third-order valence-electron chi connectivity index (χ3n) is 4.12. The van der Waals surface area contributed by atoms with E-state index < -0.39 is 20.0 Å². The van der Waals surface area contributed by atoms with E-state index in [2.05, 4.69) is 15.4 Å². The molecule has 31 heavy (non-hydrogen) atoms. The Morgan fingerprint density at radius 3 is 1.32 bits per heavy atom. The SMILES string of the molecule is CC(=NNS(=O)(=O)c1ccc(C)cc1)C(=NO)/C(C)=N/NS(=O)(=O)c1ccc(C)cc1. The van der Waals surface area contributed by atoms with Crippen LogP contribution in [-0.2, 0) is 20.0 Å². The number of hydrazone groups is 2. The summed E-state index contributed by atoms with van der Waals surface area (Å²) in [5.74, 6) is 0. The molecule has 0 saturated heterocycles. The number of hydrogen-bond acceptors (Lipinski definition) is 8. The molecule has 0 spiro atoms. The van der Waals surface area contributed by atoms with Crippen LogP contribution in [-0.4, -0.2) is 39.2 Å². The molecule has 2 aromatic rings. The van der Waals surface area contributed by atoms with Crippen molar-refractivity contribution < 1.29 is 22.0 Å². The molecule has 0 heterocycles. The molecule has 0 aliphatic carbocycles. The maximum absolute atomic E-state index is 12.3. The number of nitrogens with one attached hydrogen (secondary N) is 2. The second-order valence-electron chi connectivity index (χ2n) is 6.66. The summed E-state index contributed by atoms with van der Waals surface area (Å²) in [4.78, 5) is 4.10. The fourth-order valence-corrected chi connectivity index (χ4v) is 4.02. The van der Waals surface area contributed by atoms with Crippen molar-refractivity contribution in [1.29, 1.82) is 0 Å². The average molecular weight is 466 g/mol. The first-order chi connectivity index (χ1) is 14.5. The molecular weight excluding hydrogens is 442 g/mol. The highest BCUT2D eigenvalue weighted by Crippen LogP contribution is 2.11. The quantitative estimate of drug-likeness (QED) is 0.310. The van der Waals surface area contributed by atoms with E-state index in [4.69, 9.17) is 0 Å². The van der Waals surface area contributed by atoms with Gasteiger partial charge in [0.25, 0.3) is 20.0 Å². The molecule has 0 saturated carbocycles. The first-order valence-electron chi connectivity index (χ1n) is 8.94. The molecule has 2 aromatic carbocycles. The lowest BCUT2D eigenvalue weighted by Crippen LogP contribution is -2.28. The average Bonchev–Trinajstić information content (AvgIpc) is 2.72. The highest BCUT2D eigenvalue weighted by Gasteiger charge is 2.17. The summed E-state index contributed by atoms with van der Waals surface area (Å²) >= 11 is 0. The molecule has 0 fully saturated rings. The van der Waals surface area contributed by atoms with E-state index in [-0.39, 0.29) is 26.9 Å². The minimum atomic E-state index is -3.94. The monoisotopic (exact) mass is 465 g/mol. The van der Waals surface area contributed by atoms with E-state index >= 15 is 0 Å². The number of aryl methyl sites for hydroxylation is 2. The maximum Gasteiger partial charge on any atom is 0.276 e. The van der Waals surface area contributed by atoms with Gasteiger partial charge in [-0.15, -0.1) is 0 Å². The van der Waals surface area contributed by atoms with Crippen molar-refractivity contribution in [3.63, 3.8) is 0 Å². The lowest BCUT2D eigenvalue weighted by Gasteiger charge is -2.08. The summed E-state index contributed by atoms with van der Waals surface area (Å²) in [5, 5.41) is 19.8. The van der Waals surface area contributed by atoms with Crippen LogP contribution in [0.2, 0.25) is 0 Å².